The van der Waals surface area contributed by atoms with E-state index in [2.05, 4.69) is 5.32 Å². The summed E-state index contributed by atoms with van der Waals surface area (Å²) in [4.78, 5) is 11.7. The van der Waals surface area contributed by atoms with Crippen molar-refractivity contribution in [2.24, 2.45) is 0 Å². The van der Waals surface area contributed by atoms with Gasteiger partial charge in [-0.3, -0.25) is 0 Å². The molecule has 34 heavy (non-hydrogen) atoms. The number of rotatable bonds is 7. The molecule has 0 aliphatic carbocycles. The molecular weight excluding hydrogens is 462 g/mol. The largest absolute Gasteiger partial charge is 0.488 e. The number of aryl methyl sites for hydroxylation is 1. The van der Waals surface area contributed by atoms with Crippen LogP contribution in [-0.2, 0) is 6.61 Å². The van der Waals surface area contributed by atoms with Crippen LogP contribution < -0.4 is 10.1 Å². The van der Waals surface area contributed by atoms with Crippen LogP contribution in [0.3, 0.4) is 0 Å². The molecule has 0 fully saturated rings. The molecule has 0 aliphatic heterocycles. The lowest BCUT2D eigenvalue weighted by atomic mass is 10.1. The van der Waals surface area contributed by atoms with Crippen LogP contribution in [0.4, 0.5) is 14.5 Å². The molecule has 174 valence electrons. The van der Waals surface area contributed by atoms with Crippen molar-refractivity contribution in [2.45, 2.75) is 13.5 Å². The first-order valence-corrected chi connectivity index (χ1v) is 10.8. The van der Waals surface area contributed by atoms with E-state index in [0.717, 1.165) is 11.8 Å². The molecule has 4 aromatic rings. The van der Waals surface area contributed by atoms with Crippen LogP contribution in [0.25, 0.3) is 16.9 Å². The Kier molecular flexibility index (Phi) is 6.56. The van der Waals surface area contributed by atoms with E-state index >= 15 is 0 Å². The van der Waals surface area contributed by atoms with Gasteiger partial charge in [-0.2, -0.15) is 0 Å². The molecule has 3 aromatic carbocycles. The molecule has 0 amide bonds. The molecule has 0 spiro atoms. The van der Waals surface area contributed by atoms with E-state index in [1.165, 1.54) is 12.1 Å². The summed E-state index contributed by atoms with van der Waals surface area (Å²) in [6.45, 7) is 1.79. The fraction of sp³-hybridized carbons (Fsp3) is 0.115. The van der Waals surface area contributed by atoms with E-state index in [0.29, 0.717) is 33.4 Å². The average Bonchev–Trinajstić information content (AvgIpc) is 3.20. The molecule has 4 rings (SSSR count). The molecule has 8 heteroatoms. The van der Waals surface area contributed by atoms with Crippen molar-refractivity contribution in [3.05, 3.63) is 100 Å². The van der Waals surface area contributed by atoms with Crippen LogP contribution >= 0.6 is 11.6 Å². The molecule has 0 bridgehead atoms. The van der Waals surface area contributed by atoms with E-state index in [1.54, 1.807) is 37.4 Å². The number of nitrogens with one attached hydrogen (secondary N) is 1. The Morgan fingerprint density at radius 2 is 1.85 bits per heavy atom. The summed E-state index contributed by atoms with van der Waals surface area (Å²) >= 11 is 6.29. The van der Waals surface area contributed by atoms with Crippen molar-refractivity contribution in [2.75, 3.05) is 12.4 Å². The molecule has 1 aromatic heterocycles. The van der Waals surface area contributed by atoms with Crippen molar-refractivity contribution in [3.63, 3.8) is 0 Å². The highest BCUT2D eigenvalue weighted by Gasteiger charge is 2.17. The van der Waals surface area contributed by atoms with E-state index in [9.17, 15) is 18.7 Å². The van der Waals surface area contributed by atoms with E-state index in [4.69, 9.17) is 16.3 Å². The van der Waals surface area contributed by atoms with Gasteiger partial charge in [-0.1, -0.05) is 11.6 Å². The Bertz CT molecular complexity index is 1380. The predicted octanol–water partition coefficient (Wildman–Crippen LogP) is 6.70. The lowest BCUT2D eigenvalue weighted by Crippen LogP contribution is -2.06. The number of halogens is 3. The van der Waals surface area contributed by atoms with Crippen molar-refractivity contribution < 1.29 is 23.4 Å². The van der Waals surface area contributed by atoms with E-state index in [1.807, 2.05) is 29.7 Å². The Balaban J connectivity index is 1.79. The van der Waals surface area contributed by atoms with Gasteiger partial charge in [0.15, 0.2) is 0 Å². The lowest BCUT2D eigenvalue weighted by Gasteiger charge is -2.17. The Morgan fingerprint density at radius 1 is 1.06 bits per heavy atom. The number of aromatic carboxylic acids is 1. The Morgan fingerprint density at radius 3 is 2.56 bits per heavy atom. The minimum atomic E-state index is -1.04. The minimum absolute atomic E-state index is 0.112. The highest BCUT2D eigenvalue weighted by Crippen LogP contribution is 2.36. The average molecular weight is 483 g/mol. The highest BCUT2D eigenvalue weighted by molar-refractivity contribution is 6.31. The van der Waals surface area contributed by atoms with E-state index < -0.39 is 17.6 Å². The second-order valence-electron chi connectivity index (χ2n) is 7.68. The maximum Gasteiger partial charge on any atom is 0.335 e. The number of nitrogens with zero attached hydrogens (tertiary/aromatic N) is 1. The maximum absolute atomic E-state index is 14.1. The zero-order chi connectivity index (χ0) is 24.4. The van der Waals surface area contributed by atoms with Crippen LogP contribution in [0.15, 0.2) is 66.7 Å². The third-order valence-corrected chi connectivity index (χ3v) is 5.64. The first-order chi connectivity index (χ1) is 16.3. The number of carboxylic acid groups (broad SMARTS) is 1. The number of carbonyl (C=O) groups is 1. The number of anilines is 1. The molecule has 5 nitrogen and oxygen atoms in total. The van der Waals surface area contributed by atoms with Crippen molar-refractivity contribution in [3.8, 4) is 22.7 Å². The van der Waals surface area contributed by atoms with E-state index in [-0.39, 0.29) is 17.7 Å². The third kappa shape index (κ3) is 4.75. The molecular formula is C26H21ClF2N2O3. The third-order valence-electron chi connectivity index (χ3n) is 5.40. The molecule has 2 N–H and O–H groups in total. The molecule has 0 aliphatic rings. The molecule has 0 saturated heterocycles. The molecule has 0 atom stereocenters. The topological polar surface area (TPSA) is 63.5 Å². The summed E-state index contributed by atoms with van der Waals surface area (Å²) in [6, 6.07) is 17.1. The predicted molar refractivity (Wildman–Crippen MR) is 128 cm³/mol. The normalized spacial score (nSPS) is 10.9. The summed E-state index contributed by atoms with van der Waals surface area (Å²) in [6.07, 6.45) is 0. The van der Waals surface area contributed by atoms with Gasteiger partial charge in [0.1, 0.15) is 24.0 Å². The van der Waals surface area contributed by atoms with Gasteiger partial charge in [0, 0.05) is 46.3 Å². The fourth-order valence-electron chi connectivity index (χ4n) is 3.72. The first-order valence-electron chi connectivity index (χ1n) is 10.4. The van der Waals surface area contributed by atoms with Crippen LogP contribution in [0.1, 0.15) is 21.6 Å². The summed E-state index contributed by atoms with van der Waals surface area (Å²) in [7, 11) is 1.71. The van der Waals surface area contributed by atoms with Gasteiger partial charge in [0.25, 0.3) is 0 Å². The fourth-order valence-corrected chi connectivity index (χ4v) is 3.89. The monoisotopic (exact) mass is 482 g/mol. The van der Waals surface area contributed by atoms with Gasteiger partial charge >= 0.3 is 5.97 Å². The zero-order valence-electron chi connectivity index (χ0n) is 18.4. The summed E-state index contributed by atoms with van der Waals surface area (Å²) in [5.74, 6) is -1.96. The van der Waals surface area contributed by atoms with Gasteiger partial charge < -0.3 is 19.7 Å². The van der Waals surface area contributed by atoms with Crippen molar-refractivity contribution in [1.29, 1.82) is 0 Å². The number of ether oxygens (including phenoxy) is 1. The van der Waals surface area contributed by atoms with Crippen molar-refractivity contribution >= 4 is 23.3 Å². The standard InChI is InChI=1S/C26H21ClF2N2O3/c1-15-3-7-24(31(15)21-10-17(26(32)33)9-20(13-21)30-2)22-11-18(27)5-8-25(22)34-14-16-4-6-19(28)12-23(16)29/h3-13,30H,14H2,1-2H3,(H,32,33). The molecule has 0 saturated carbocycles. The number of carboxylic acids is 1. The minimum Gasteiger partial charge on any atom is -0.488 e. The van der Waals surface area contributed by atoms with Gasteiger partial charge in [0.2, 0.25) is 0 Å². The summed E-state index contributed by atoms with van der Waals surface area (Å²) in [5, 5.41) is 13.0. The van der Waals surface area contributed by atoms with Gasteiger partial charge in [-0.25, -0.2) is 13.6 Å². The maximum atomic E-state index is 14.1. The molecule has 0 radical (unpaired) electrons. The SMILES string of the molecule is CNc1cc(C(=O)O)cc(-n2c(C)ccc2-c2cc(Cl)ccc2OCc2ccc(F)cc2F)c1. The number of aromatic nitrogens is 1. The van der Waals surface area contributed by atoms with Crippen molar-refractivity contribution in [1.82, 2.24) is 4.57 Å². The van der Waals surface area contributed by atoms with Gasteiger partial charge in [0.05, 0.1) is 11.3 Å². The molecule has 0 unspecified atom stereocenters. The zero-order valence-corrected chi connectivity index (χ0v) is 19.2. The van der Waals surface area contributed by atoms with Crippen LogP contribution in [0, 0.1) is 18.6 Å². The lowest BCUT2D eigenvalue weighted by molar-refractivity contribution is 0.0697. The molecule has 1 heterocycles. The van der Waals surface area contributed by atoms with Crippen LogP contribution in [0.5, 0.6) is 5.75 Å². The van der Waals surface area contributed by atoms with Crippen LogP contribution in [0.2, 0.25) is 5.02 Å². The smallest absolute Gasteiger partial charge is 0.335 e. The second-order valence-corrected chi connectivity index (χ2v) is 8.12. The summed E-state index contributed by atoms with van der Waals surface area (Å²) < 4.78 is 35.2. The Labute approximate surface area is 200 Å². The highest BCUT2D eigenvalue weighted by atomic mass is 35.5. The summed E-state index contributed by atoms with van der Waals surface area (Å²) in [5.41, 5.74) is 3.82. The van der Waals surface area contributed by atoms with Gasteiger partial charge in [-0.05, 0) is 67.6 Å². The second kappa shape index (κ2) is 9.57. The quantitative estimate of drug-likeness (QED) is 0.307. The number of hydrogen-bond donors (Lipinski definition) is 2. The number of benzene rings is 3. The van der Waals surface area contributed by atoms with Gasteiger partial charge in [-0.15, -0.1) is 0 Å². The number of hydrogen-bond acceptors (Lipinski definition) is 3. The first kappa shape index (κ1) is 23.3. The Hall–Kier alpha value is -3.84. The van der Waals surface area contributed by atoms with Crippen LogP contribution in [-0.4, -0.2) is 22.7 Å².